The topological polar surface area (TPSA) is 104 Å². The fourth-order valence-corrected chi connectivity index (χ4v) is 6.50. The van der Waals surface area contributed by atoms with Crippen molar-refractivity contribution in [3.63, 3.8) is 0 Å². The minimum atomic E-state index is -0.276. The van der Waals surface area contributed by atoms with Crippen LogP contribution in [0, 0.1) is 11.8 Å². The number of aliphatic hydroxyl groups excluding tert-OH is 2. The first-order chi connectivity index (χ1) is 17.7. The van der Waals surface area contributed by atoms with Gasteiger partial charge in [-0.3, -0.25) is 9.89 Å². The predicted molar refractivity (Wildman–Crippen MR) is 141 cm³/mol. The highest BCUT2D eigenvalue weighted by Crippen LogP contribution is 2.48. The quantitative estimate of drug-likeness (QED) is 0.556. The van der Waals surface area contributed by atoms with E-state index in [1.54, 1.807) is 6.20 Å². The summed E-state index contributed by atoms with van der Waals surface area (Å²) in [5.41, 5.74) is 10.4. The first kappa shape index (κ1) is 23.2. The summed E-state index contributed by atoms with van der Waals surface area (Å²) in [6, 6.07) is 17.9. The average molecular weight is 485 g/mol. The van der Waals surface area contributed by atoms with Crippen LogP contribution in [0.3, 0.4) is 0 Å². The number of fused-ring (bicyclic) bond motifs is 3. The van der Waals surface area contributed by atoms with Crippen molar-refractivity contribution in [1.29, 1.82) is 0 Å². The normalized spacial score (nSPS) is 27.3. The summed E-state index contributed by atoms with van der Waals surface area (Å²) in [4.78, 5) is 12.1. The molecule has 0 amide bonds. The molecule has 2 fully saturated rings. The molecule has 186 valence electrons. The summed E-state index contributed by atoms with van der Waals surface area (Å²) >= 11 is 0. The maximum atomic E-state index is 10.0. The van der Waals surface area contributed by atoms with Crippen LogP contribution in [0.1, 0.15) is 31.2 Å². The lowest BCUT2D eigenvalue weighted by atomic mass is 9.82. The molecule has 4 aliphatic rings. The van der Waals surface area contributed by atoms with E-state index in [2.05, 4.69) is 16.0 Å². The fourth-order valence-electron chi connectivity index (χ4n) is 6.50. The van der Waals surface area contributed by atoms with Crippen LogP contribution in [0.15, 0.2) is 82.4 Å². The van der Waals surface area contributed by atoms with Crippen molar-refractivity contribution in [1.82, 2.24) is 4.90 Å². The van der Waals surface area contributed by atoms with Gasteiger partial charge in [0.25, 0.3) is 0 Å². The predicted octanol–water partition coefficient (Wildman–Crippen LogP) is 3.74. The average Bonchev–Trinajstić information content (AvgIpc) is 3.59. The second-order valence-corrected chi connectivity index (χ2v) is 10.1. The Morgan fingerprint density at radius 3 is 2.50 bits per heavy atom. The molecule has 7 nitrogen and oxygen atoms in total. The number of rotatable bonds is 7. The van der Waals surface area contributed by atoms with E-state index in [-0.39, 0.29) is 31.2 Å². The van der Waals surface area contributed by atoms with Gasteiger partial charge in [-0.2, -0.15) is 0 Å². The van der Waals surface area contributed by atoms with Crippen LogP contribution in [-0.4, -0.2) is 58.0 Å². The number of nitrogens with two attached hydrogens (primary N) is 1. The van der Waals surface area contributed by atoms with Crippen molar-refractivity contribution in [2.75, 3.05) is 13.2 Å². The van der Waals surface area contributed by atoms with E-state index >= 15 is 0 Å². The molecule has 1 saturated carbocycles. The number of benzene rings is 2. The summed E-state index contributed by atoms with van der Waals surface area (Å²) in [6.45, 7) is -0.124. The first-order valence-corrected chi connectivity index (χ1v) is 12.8. The third kappa shape index (κ3) is 3.97. The van der Waals surface area contributed by atoms with Crippen molar-refractivity contribution in [3.8, 4) is 11.5 Å². The summed E-state index contributed by atoms with van der Waals surface area (Å²) in [5.74, 6) is 2.56. The number of hydrogen-bond donors (Lipinski definition) is 3. The number of nitrogens with zero attached hydrogens (tertiary/aromatic N) is 3. The molecule has 3 heterocycles. The molecule has 3 unspecified atom stereocenters. The van der Waals surface area contributed by atoms with Gasteiger partial charge in [-0.05, 0) is 68.0 Å². The fraction of sp³-hybridized carbons (Fsp3) is 0.379. The Morgan fingerprint density at radius 2 is 1.75 bits per heavy atom. The van der Waals surface area contributed by atoms with Crippen molar-refractivity contribution in [2.24, 2.45) is 27.6 Å². The number of piperidine rings is 1. The number of aliphatic imine (C=N–C) groups is 2. The summed E-state index contributed by atoms with van der Waals surface area (Å²) in [6.07, 6.45) is 7.97. The van der Waals surface area contributed by atoms with E-state index in [0.29, 0.717) is 17.8 Å². The molecule has 2 bridgehead atoms. The SMILES string of the molecule is NC1=NC=CCC2C([C@@H]3C4CCC(C4)N3C(CO)CO)=NC(c3ccc(Oc4ccccc4)cc3)=C12. The second kappa shape index (κ2) is 9.65. The molecule has 3 aliphatic heterocycles. The molecule has 1 saturated heterocycles. The van der Waals surface area contributed by atoms with Gasteiger partial charge in [-0.1, -0.05) is 24.3 Å². The number of allylic oxidation sites excluding steroid dienone is 1. The van der Waals surface area contributed by atoms with Gasteiger partial charge in [0.05, 0.1) is 31.0 Å². The summed E-state index contributed by atoms with van der Waals surface area (Å²) < 4.78 is 5.98. The Morgan fingerprint density at radius 1 is 1.00 bits per heavy atom. The minimum absolute atomic E-state index is 0.0348. The zero-order valence-corrected chi connectivity index (χ0v) is 20.2. The number of likely N-dealkylation sites (tertiary alicyclic amines) is 1. The zero-order valence-electron chi connectivity index (χ0n) is 20.2. The molecular formula is C29H32N4O3. The number of hydrogen-bond acceptors (Lipinski definition) is 7. The highest BCUT2D eigenvalue weighted by molar-refractivity contribution is 6.16. The number of aliphatic hydroxyl groups is 2. The number of para-hydroxylation sites is 1. The van der Waals surface area contributed by atoms with Crippen molar-refractivity contribution < 1.29 is 14.9 Å². The van der Waals surface area contributed by atoms with Gasteiger partial charge in [0, 0.05) is 35.0 Å². The lowest BCUT2D eigenvalue weighted by Crippen LogP contribution is -2.54. The van der Waals surface area contributed by atoms with Crippen LogP contribution in [0.25, 0.3) is 5.70 Å². The monoisotopic (exact) mass is 484 g/mol. The molecule has 0 radical (unpaired) electrons. The molecular weight excluding hydrogens is 452 g/mol. The van der Waals surface area contributed by atoms with Crippen LogP contribution in [-0.2, 0) is 0 Å². The van der Waals surface area contributed by atoms with Crippen LogP contribution in [0.4, 0.5) is 0 Å². The highest BCUT2D eigenvalue weighted by atomic mass is 16.5. The third-order valence-electron chi connectivity index (χ3n) is 8.06. The van der Waals surface area contributed by atoms with Crippen LogP contribution < -0.4 is 10.5 Å². The standard InChI is InChI=1S/C29H32N4O3/c30-29-25-24(7-4-14-31-29)27(28-19-8-11-20(15-19)33(28)21(16-34)17-35)32-26(25)18-9-12-23(13-10-18)36-22-5-2-1-3-6-22/h1-6,9-10,12-14,19-21,24,28,34-35H,7-8,11,15-17H2,(H2,30,31)/t19?,20?,24?,28-/m0/s1. The van der Waals surface area contributed by atoms with Gasteiger partial charge in [-0.15, -0.1) is 0 Å². The Labute approximate surface area is 211 Å². The Kier molecular flexibility index (Phi) is 6.21. The summed E-state index contributed by atoms with van der Waals surface area (Å²) in [5, 5.41) is 20.1. The molecule has 2 aromatic rings. The van der Waals surface area contributed by atoms with Crippen LogP contribution in [0.5, 0.6) is 11.5 Å². The molecule has 2 aromatic carbocycles. The highest BCUT2D eigenvalue weighted by Gasteiger charge is 2.52. The summed E-state index contributed by atoms with van der Waals surface area (Å²) in [7, 11) is 0. The van der Waals surface area contributed by atoms with Crippen LogP contribution in [0.2, 0.25) is 0 Å². The van der Waals surface area contributed by atoms with Gasteiger partial charge in [0.1, 0.15) is 17.3 Å². The van der Waals surface area contributed by atoms with E-state index in [4.69, 9.17) is 15.5 Å². The van der Waals surface area contributed by atoms with Crippen molar-refractivity contribution in [3.05, 3.63) is 78.0 Å². The zero-order chi connectivity index (χ0) is 24.6. The van der Waals surface area contributed by atoms with E-state index in [0.717, 1.165) is 59.7 Å². The van der Waals surface area contributed by atoms with E-state index in [9.17, 15) is 10.2 Å². The van der Waals surface area contributed by atoms with Gasteiger partial charge < -0.3 is 20.7 Å². The molecule has 4 atom stereocenters. The van der Waals surface area contributed by atoms with Gasteiger partial charge in [0.15, 0.2) is 0 Å². The molecule has 36 heavy (non-hydrogen) atoms. The Hall–Kier alpha value is -3.26. The second-order valence-electron chi connectivity index (χ2n) is 10.1. The molecule has 0 aromatic heterocycles. The molecule has 1 aliphatic carbocycles. The maximum absolute atomic E-state index is 10.0. The Bertz CT molecular complexity index is 1230. The van der Waals surface area contributed by atoms with E-state index < -0.39 is 0 Å². The minimum Gasteiger partial charge on any atom is -0.457 e. The maximum Gasteiger partial charge on any atom is 0.129 e. The smallest absolute Gasteiger partial charge is 0.129 e. The lowest BCUT2D eigenvalue weighted by Gasteiger charge is -2.41. The molecule has 6 rings (SSSR count). The molecule has 7 heteroatoms. The number of ether oxygens (including phenoxy) is 1. The van der Waals surface area contributed by atoms with Gasteiger partial charge >= 0.3 is 0 Å². The molecule has 0 spiro atoms. The van der Waals surface area contributed by atoms with Gasteiger partial charge in [0.2, 0.25) is 0 Å². The third-order valence-corrected chi connectivity index (χ3v) is 8.06. The van der Waals surface area contributed by atoms with Gasteiger partial charge in [-0.25, -0.2) is 4.99 Å². The first-order valence-electron chi connectivity index (χ1n) is 12.8. The van der Waals surface area contributed by atoms with Crippen molar-refractivity contribution in [2.45, 2.75) is 43.8 Å². The lowest BCUT2D eigenvalue weighted by molar-refractivity contribution is 0.0373. The van der Waals surface area contributed by atoms with Crippen LogP contribution >= 0.6 is 0 Å². The van der Waals surface area contributed by atoms with Crippen molar-refractivity contribution >= 4 is 17.2 Å². The van der Waals surface area contributed by atoms with E-state index in [1.165, 1.54) is 0 Å². The molecule has 4 N–H and O–H groups in total. The number of amidine groups is 1. The Balaban J connectivity index is 1.37. The largest absolute Gasteiger partial charge is 0.457 e. The van der Waals surface area contributed by atoms with E-state index in [1.807, 2.05) is 54.6 Å².